The van der Waals surface area contributed by atoms with E-state index >= 15 is 0 Å². The molecule has 3 heterocycles. The molecule has 2 aliphatic heterocycles. The van der Waals surface area contributed by atoms with Gasteiger partial charge in [-0.1, -0.05) is 256 Å². The highest BCUT2D eigenvalue weighted by molar-refractivity contribution is 7.33. The second kappa shape index (κ2) is 21.2. The van der Waals surface area contributed by atoms with Crippen LogP contribution in [-0.4, -0.2) is 6.71 Å². The van der Waals surface area contributed by atoms with Crippen molar-refractivity contribution in [3.05, 3.63) is 252 Å². The Balaban J connectivity index is 1.18. The van der Waals surface area contributed by atoms with Crippen molar-refractivity contribution in [2.24, 2.45) is 0 Å². The molecule has 0 aliphatic carbocycles. The monoisotopic (exact) mass is 1150 g/mol. The topological polar surface area (TPSA) is 9.72 Å². The molecule has 0 atom stereocenters. The zero-order chi connectivity index (χ0) is 61.1. The van der Waals surface area contributed by atoms with E-state index in [1.165, 1.54) is 98.5 Å². The smallest absolute Gasteiger partial charge is 0.264 e. The summed E-state index contributed by atoms with van der Waals surface area (Å²) in [5.74, 6) is 0. The highest BCUT2D eigenvalue weighted by atomic mass is 32.1. The fourth-order valence-electron chi connectivity index (χ4n) is 13.2. The van der Waals surface area contributed by atoms with Crippen LogP contribution in [0.4, 0.5) is 51.2 Å². The zero-order valence-electron chi connectivity index (χ0n) is 53.7. The second-order valence-electron chi connectivity index (χ2n) is 29.5. The molecule has 0 saturated heterocycles. The largest absolute Gasteiger partial charge is 0.311 e. The Morgan fingerprint density at radius 1 is 0.345 bits per heavy atom. The molecule has 5 heteroatoms. The number of fused-ring (bicyclic) bond motifs is 6. The van der Waals surface area contributed by atoms with Gasteiger partial charge in [0.2, 0.25) is 0 Å². The average molecular weight is 1150 g/mol. The maximum Gasteiger partial charge on any atom is 0.264 e. The van der Waals surface area contributed by atoms with Crippen LogP contribution in [0, 0.1) is 0 Å². The minimum absolute atomic E-state index is 0.00688. The van der Waals surface area contributed by atoms with Crippen molar-refractivity contribution in [1.29, 1.82) is 0 Å². The molecule has 0 saturated carbocycles. The molecule has 0 spiro atoms. The standard InChI is InChI=1S/C82H82BN3S/c1-78(2,3)57-32-30-55(31-33-57)65-28-22-23-29-69(65)84(62-41-34-58(35-42-62)79(4,5)6)70-52-71-68(51-66(70)54-26-20-17-21-27-54)83-75-72(85(71)63-43-36-59(37-44-63)80(7,8)9)48-56(53-24-18-16-19-25-53)49-73(75)86(64-45-38-60(39-46-64)81(10,11)12)76-67-50-61(82(13,14)15)40-47-74(67)87-77(76)83/h16-52H,1-15H3. The van der Waals surface area contributed by atoms with Gasteiger partial charge in [-0.2, -0.15) is 0 Å². The normalized spacial score (nSPS) is 13.4. The van der Waals surface area contributed by atoms with Crippen molar-refractivity contribution >= 4 is 95.0 Å². The lowest BCUT2D eigenvalue weighted by Gasteiger charge is -2.44. The number of nitrogens with zero attached hydrogens (tertiary/aromatic N) is 3. The molecule has 0 radical (unpaired) electrons. The Kier molecular flexibility index (Phi) is 14.1. The van der Waals surface area contributed by atoms with Gasteiger partial charge in [0, 0.05) is 60.1 Å². The van der Waals surface area contributed by atoms with E-state index in [1.807, 2.05) is 11.3 Å². The van der Waals surface area contributed by atoms with Crippen LogP contribution in [0.3, 0.4) is 0 Å². The first-order valence-corrected chi connectivity index (χ1v) is 32.1. The van der Waals surface area contributed by atoms with Crippen molar-refractivity contribution in [2.45, 2.75) is 131 Å². The van der Waals surface area contributed by atoms with Gasteiger partial charge in [-0.05, 0) is 161 Å². The van der Waals surface area contributed by atoms with E-state index in [1.54, 1.807) is 0 Å². The predicted octanol–water partition coefficient (Wildman–Crippen LogP) is 21.9. The van der Waals surface area contributed by atoms with E-state index in [4.69, 9.17) is 0 Å². The number of hydrogen-bond acceptors (Lipinski definition) is 4. The fraction of sp³-hybridized carbons (Fsp3) is 0.244. The zero-order valence-corrected chi connectivity index (χ0v) is 54.5. The fourth-order valence-corrected chi connectivity index (χ4v) is 14.5. The molecule has 0 bridgehead atoms. The lowest BCUT2D eigenvalue weighted by Crippen LogP contribution is -2.60. The summed E-state index contributed by atoms with van der Waals surface area (Å²) in [5.41, 5.74) is 26.4. The van der Waals surface area contributed by atoms with Gasteiger partial charge in [0.05, 0.1) is 17.1 Å². The highest BCUT2D eigenvalue weighted by Gasteiger charge is 2.47. The van der Waals surface area contributed by atoms with E-state index in [2.05, 4.69) is 343 Å². The maximum absolute atomic E-state index is 2.64. The van der Waals surface area contributed by atoms with Crippen molar-refractivity contribution in [3.8, 4) is 33.4 Å². The molecule has 0 N–H and O–H groups in total. The number of hydrogen-bond donors (Lipinski definition) is 0. The minimum Gasteiger partial charge on any atom is -0.311 e. The number of thiophene rings is 1. The quantitative estimate of drug-likeness (QED) is 0.140. The van der Waals surface area contributed by atoms with Crippen LogP contribution >= 0.6 is 11.3 Å². The Labute approximate surface area is 523 Å². The SMILES string of the molecule is CC(C)(C)c1ccc(-c2ccccc2N(c2ccc(C(C)(C)C)cc2)c2cc3c(cc2-c2ccccc2)B2c4sc5ccc(C(C)(C)C)cc5c4N(c4ccc(C(C)(C)C)cc4)c4cc(-c5ccccc5)cc(c42)N3c2ccc(C(C)(C)C)cc2)cc1. The van der Waals surface area contributed by atoms with E-state index in [0.29, 0.717) is 0 Å². The molecular formula is C82H82BN3S. The van der Waals surface area contributed by atoms with Crippen LogP contribution in [0.5, 0.6) is 0 Å². The first kappa shape index (κ1) is 57.7. The molecule has 1 aromatic heterocycles. The summed E-state index contributed by atoms with van der Waals surface area (Å²) in [6, 6.07) is 86.3. The van der Waals surface area contributed by atoms with Crippen molar-refractivity contribution < 1.29 is 0 Å². The molecule has 0 unspecified atom stereocenters. The summed E-state index contributed by atoms with van der Waals surface area (Å²) < 4.78 is 2.65. The van der Waals surface area contributed by atoms with Crippen LogP contribution in [0.1, 0.15) is 132 Å². The molecule has 434 valence electrons. The Morgan fingerprint density at radius 2 is 0.793 bits per heavy atom. The molecule has 87 heavy (non-hydrogen) atoms. The Morgan fingerprint density at radius 3 is 1.33 bits per heavy atom. The third-order valence-electron chi connectivity index (χ3n) is 18.3. The van der Waals surface area contributed by atoms with Crippen LogP contribution in [0.15, 0.2) is 224 Å². The summed E-state index contributed by atoms with van der Waals surface area (Å²) in [5, 5.41) is 1.29. The average Bonchev–Trinajstić information content (AvgIpc) is 1.71. The molecular weight excluding hydrogens is 1070 g/mol. The van der Waals surface area contributed by atoms with Gasteiger partial charge in [0.15, 0.2) is 0 Å². The predicted molar refractivity (Wildman–Crippen MR) is 380 cm³/mol. The molecule has 2 aliphatic rings. The summed E-state index contributed by atoms with van der Waals surface area (Å²) in [7, 11) is 0. The van der Waals surface area contributed by atoms with E-state index in [0.717, 1.165) is 39.7 Å². The van der Waals surface area contributed by atoms with Gasteiger partial charge >= 0.3 is 0 Å². The first-order valence-electron chi connectivity index (χ1n) is 31.3. The lowest BCUT2D eigenvalue weighted by molar-refractivity contribution is 0.590. The number of para-hydroxylation sites is 1. The summed E-state index contributed by atoms with van der Waals surface area (Å²) >= 11 is 1.97. The number of anilines is 9. The van der Waals surface area contributed by atoms with Gasteiger partial charge in [0.1, 0.15) is 0 Å². The Bertz CT molecular complexity index is 4370. The van der Waals surface area contributed by atoms with Crippen molar-refractivity contribution in [2.75, 3.05) is 14.7 Å². The molecule has 0 amide bonds. The molecule has 10 aromatic carbocycles. The van der Waals surface area contributed by atoms with Gasteiger partial charge in [0.25, 0.3) is 6.71 Å². The summed E-state index contributed by atoms with van der Waals surface area (Å²) in [4.78, 5) is 7.82. The third kappa shape index (κ3) is 10.5. The van der Waals surface area contributed by atoms with Gasteiger partial charge in [-0.3, -0.25) is 0 Å². The van der Waals surface area contributed by atoms with Gasteiger partial charge in [-0.25, -0.2) is 0 Å². The van der Waals surface area contributed by atoms with Crippen LogP contribution in [0.2, 0.25) is 0 Å². The van der Waals surface area contributed by atoms with Crippen LogP contribution < -0.4 is 30.4 Å². The summed E-state index contributed by atoms with van der Waals surface area (Å²) in [6.07, 6.45) is 0. The number of rotatable bonds is 8. The minimum atomic E-state index is -0.125. The third-order valence-corrected chi connectivity index (χ3v) is 19.5. The van der Waals surface area contributed by atoms with Crippen LogP contribution in [-0.2, 0) is 27.1 Å². The summed E-state index contributed by atoms with van der Waals surface area (Å²) in [6.45, 7) is 34.6. The lowest BCUT2D eigenvalue weighted by atomic mass is 9.36. The molecule has 0 fully saturated rings. The van der Waals surface area contributed by atoms with Gasteiger partial charge in [-0.15, -0.1) is 11.3 Å². The Hall–Kier alpha value is -8.38. The molecule has 13 rings (SSSR count). The first-order chi connectivity index (χ1) is 41.3. The number of benzene rings is 10. The van der Waals surface area contributed by atoms with Crippen LogP contribution in [0.25, 0.3) is 43.5 Å². The maximum atomic E-state index is 2.64. The molecule has 11 aromatic rings. The van der Waals surface area contributed by atoms with Crippen molar-refractivity contribution in [3.63, 3.8) is 0 Å². The van der Waals surface area contributed by atoms with E-state index < -0.39 is 0 Å². The molecule has 3 nitrogen and oxygen atoms in total. The highest BCUT2D eigenvalue weighted by Crippen LogP contribution is 2.53. The van der Waals surface area contributed by atoms with E-state index in [9.17, 15) is 0 Å². The van der Waals surface area contributed by atoms with E-state index in [-0.39, 0.29) is 33.8 Å². The van der Waals surface area contributed by atoms with Gasteiger partial charge < -0.3 is 14.7 Å². The van der Waals surface area contributed by atoms with Crippen molar-refractivity contribution in [1.82, 2.24) is 0 Å². The second-order valence-corrected chi connectivity index (χ2v) is 30.6.